The summed E-state index contributed by atoms with van der Waals surface area (Å²) in [5, 5.41) is 1.14. The van der Waals surface area contributed by atoms with Crippen LogP contribution in [-0.4, -0.2) is 4.98 Å². The van der Waals surface area contributed by atoms with Gasteiger partial charge in [-0.3, -0.25) is 4.98 Å². The van der Waals surface area contributed by atoms with Gasteiger partial charge in [0, 0.05) is 11.6 Å². The van der Waals surface area contributed by atoms with Crippen LogP contribution in [0.25, 0.3) is 10.9 Å². The van der Waals surface area contributed by atoms with Gasteiger partial charge in [-0.1, -0.05) is 18.1 Å². The number of hydrogen-bond donors (Lipinski definition) is 0. The predicted octanol–water partition coefficient (Wildman–Crippen LogP) is 3.15. The maximum atomic E-state index is 5.52. The first-order chi connectivity index (χ1) is 7.13. The van der Waals surface area contributed by atoms with Crippen LogP contribution in [0.1, 0.15) is 19.4 Å². The highest BCUT2D eigenvalue weighted by molar-refractivity contribution is 5.79. The highest BCUT2D eigenvalue weighted by Gasteiger charge is 2.16. The van der Waals surface area contributed by atoms with E-state index in [1.165, 1.54) is 0 Å². The Morgan fingerprint density at radius 2 is 2.07 bits per heavy atom. The first-order valence-corrected chi connectivity index (χ1v) is 4.96. The summed E-state index contributed by atoms with van der Waals surface area (Å²) in [7, 11) is 0. The highest BCUT2D eigenvalue weighted by atomic mass is 14.6. The van der Waals surface area contributed by atoms with Gasteiger partial charge >= 0.3 is 0 Å². The summed E-state index contributed by atoms with van der Waals surface area (Å²) in [6, 6.07) is 10.2. The van der Waals surface area contributed by atoms with Crippen LogP contribution in [0, 0.1) is 12.3 Å². The zero-order valence-electron chi connectivity index (χ0n) is 8.99. The van der Waals surface area contributed by atoms with Crippen molar-refractivity contribution in [3.63, 3.8) is 0 Å². The Morgan fingerprint density at radius 3 is 2.80 bits per heavy atom. The first kappa shape index (κ1) is 9.73. The molecular formula is C14H13N. The normalized spacial score (nSPS) is 11.3. The summed E-state index contributed by atoms with van der Waals surface area (Å²) in [5.74, 6) is 2.80. The van der Waals surface area contributed by atoms with E-state index in [1.807, 2.05) is 26.0 Å². The van der Waals surface area contributed by atoms with Crippen molar-refractivity contribution in [2.24, 2.45) is 0 Å². The standard InChI is InChI=1S/C14H13N/c1-4-14(2,3)12-7-8-13-11(10-12)6-5-9-15-13/h1,5-10H,2-3H3. The van der Waals surface area contributed by atoms with Crippen molar-refractivity contribution in [3.05, 3.63) is 42.1 Å². The van der Waals surface area contributed by atoms with Crippen molar-refractivity contribution in [3.8, 4) is 12.3 Å². The molecule has 0 bridgehead atoms. The summed E-state index contributed by atoms with van der Waals surface area (Å²) < 4.78 is 0. The second-order valence-corrected chi connectivity index (χ2v) is 4.18. The Morgan fingerprint density at radius 1 is 1.27 bits per heavy atom. The van der Waals surface area contributed by atoms with Gasteiger partial charge in [-0.05, 0) is 37.6 Å². The molecule has 0 unspecified atom stereocenters. The number of fused-ring (bicyclic) bond motifs is 1. The van der Waals surface area contributed by atoms with E-state index in [1.54, 1.807) is 6.20 Å². The fourth-order valence-electron chi connectivity index (χ4n) is 1.55. The molecular weight excluding hydrogens is 182 g/mol. The van der Waals surface area contributed by atoms with E-state index < -0.39 is 0 Å². The summed E-state index contributed by atoms with van der Waals surface area (Å²) in [5.41, 5.74) is 1.95. The van der Waals surface area contributed by atoms with Gasteiger partial charge in [0.05, 0.1) is 10.9 Å². The van der Waals surface area contributed by atoms with Crippen LogP contribution in [0.3, 0.4) is 0 Å². The van der Waals surface area contributed by atoms with Crippen LogP contribution >= 0.6 is 0 Å². The summed E-state index contributed by atoms with van der Waals surface area (Å²) in [6.07, 6.45) is 7.32. The number of rotatable bonds is 1. The average molecular weight is 195 g/mol. The summed E-state index contributed by atoms with van der Waals surface area (Å²) in [4.78, 5) is 4.28. The minimum atomic E-state index is -0.218. The van der Waals surface area contributed by atoms with E-state index in [9.17, 15) is 0 Å². The third-order valence-corrected chi connectivity index (χ3v) is 2.69. The van der Waals surface area contributed by atoms with Crippen LogP contribution in [0.4, 0.5) is 0 Å². The average Bonchev–Trinajstić information content (AvgIpc) is 2.28. The molecule has 1 heteroatoms. The maximum absolute atomic E-state index is 5.52. The van der Waals surface area contributed by atoms with Gasteiger partial charge in [0.1, 0.15) is 0 Å². The minimum absolute atomic E-state index is 0.218. The van der Waals surface area contributed by atoms with Crippen LogP contribution in [0.15, 0.2) is 36.5 Å². The van der Waals surface area contributed by atoms with Crippen LogP contribution in [0.2, 0.25) is 0 Å². The Balaban J connectivity index is 2.63. The van der Waals surface area contributed by atoms with Crippen LogP contribution < -0.4 is 0 Å². The molecule has 0 amide bonds. The molecule has 1 aromatic heterocycles. The molecule has 0 saturated carbocycles. The summed E-state index contributed by atoms with van der Waals surface area (Å²) >= 11 is 0. The van der Waals surface area contributed by atoms with Gasteiger partial charge in [-0.25, -0.2) is 0 Å². The fourth-order valence-corrected chi connectivity index (χ4v) is 1.55. The minimum Gasteiger partial charge on any atom is -0.256 e. The molecule has 0 aliphatic rings. The zero-order valence-corrected chi connectivity index (χ0v) is 8.99. The number of terminal acetylenes is 1. The van der Waals surface area contributed by atoms with E-state index in [0.29, 0.717) is 0 Å². The van der Waals surface area contributed by atoms with Crippen molar-refractivity contribution < 1.29 is 0 Å². The Labute approximate surface area is 90.2 Å². The van der Waals surface area contributed by atoms with Gasteiger partial charge < -0.3 is 0 Å². The molecule has 2 rings (SSSR count). The number of nitrogens with zero attached hydrogens (tertiary/aromatic N) is 1. The van der Waals surface area contributed by atoms with Gasteiger partial charge in [-0.15, -0.1) is 6.42 Å². The smallest absolute Gasteiger partial charge is 0.0702 e. The molecule has 1 nitrogen and oxygen atoms in total. The zero-order chi connectivity index (χ0) is 10.9. The van der Waals surface area contributed by atoms with Crippen molar-refractivity contribution in [2.45, 2.75) is 19.3 Å². The summed E-state index contributed by atoms with van der Waals surface area (Å²) in [6.45, 7) is 4.09. The molecule has 15 heavy (non-hydrogen) atoms. The third kappa shape index (κ3) is 1.71. The largest absolute Gasteiger partial charge is 0.256 e. The van der Waals surface area contributed by atoms with Gasteiger partial charge in [0.25, 0.3) is 0 Å². The number of aromatic nitrogens is 1. The molecule has 0 saturated heterocycles. The molecule has 0 aliphatic heterocycles. The van der Waals surface area contributed by atoms with E-state index in [0.717, 1.165) is 16.5 Å². The Kier molecular flexibility index (Phi) is 2.21. The molecule has 2 aromatic rings. The lowest BCUT2D eigenvalue weighted by atomic mass is 9.85. The quantitative estimate of drug-likeness (QED) is 0.637. The molecule has 1 aromatic carbocycles. The molecule has 0 spiro atoms. The number of hydrogen-bond acceptors (Lipinski definition) is 1. The van der Waals surface area contributed by atoms with E-state index in [-0.39, 0.29) is 5.41 Å². The number of pyridine rings is 1. The highest BCUT2D eigenvalue weighted by Crippen LogP contribution is 2.24. The van der Waals surface area contributed by atoms with Crippen molar-refractivity contribution in [2.75, 3.05) is 0 Å². The molecule has 0 atom stereocenters. The fraction of sp³-hybridized carbons (Fsp3) is 0.214. The van der Waals surface area contributed by atoms with Gasteiger partial charge in [0.15, 0.2) is 0 Å². The topological polar surface area (TPSA) is 12.9 Å². The molecule has 0 fully saturated rings. The monoisotopic (exact) mass is 195 g/mol. The second-order valence-electron chi connectivity index (χ2n) is 4.18. The van der Waals surface area contributed by atoms with Crippen molar-refractivity contribution >= 4 is 10.9 Å². The maximum Gasteiger partial charge on any atom is 0.0702 e. The Bertz CT molecular complexity index is 532. The Hall–Kier alpha value is -1.81. The van der Waals surface area contributed by atoms with Crippen molar-refractivity contribution in [1.82, 2.24) is 4.98 Å². The lowest BCUT2D eigenvalue weighted by Crippen LogP contribution is -2.13. The predicted molar refractivity (Wildman–Crippen MR) is 63.6 cm³/mol. The number of benzene rings is 1. The molecule has 0 aliphatic carbocycles. The first-order valence-electron chi connectivity index (χ1n) is 4.96. The van der Waals surface area contributed by atoms with E-state index >= 15 is 0 Å². The van der Waals surface area contributed by atoms with Crippen LogP contribution in [-0.2, 0) is 5.41 Å². The lowest BCUT2D eigenvalue weighted by molar-refractivity contribution is 0.700. The molecule has 74 valence electrons. The second kappa shape index (κ2) is 3.40. The molecule has 1 heterocycles. The van der Waals surface area contributed by atoms with E-state index in [4.69, 9.17) is 6.42 Å². The van der Waals surface area contributed by atoms with Gasteiger partial charge in [-0.2, -0.15) is 0 Å². The molecule has 0 N–H and O–H groups in total. The van der Waals surface area contributed by atoms with E-state index in [2.05, 4.69) is 29.1 Å². The van der Waals surface area contributed by atoms with Gasteiger partial charge in [0.2, 0.25) is 0 Å². The lowest BCUT2D eigenvalue weighted by Gasteiger charge is -2.18. The SMILES string of the molecule is C#CC(C)(C)c1ccc2ncccc2c1. The third-order valence-electron chi connectivity index (χ3n) is 2.69. The molecule has 0 radical (unpaired) electrons. The van der Waals surface area contributed by atoms with Crippen molar-refractivity contribution in [1.29, 1.82) is 0 Å². The van der Waals surface area contributed by atoms with Crippen LogP contribution in [0.5, 0.6) is 0 Å².